The van der Waals surface area contributed by atoms with Crippen molar-refractivity contribution >= 4 is 29.9 Å². The molecule has 0 aromatic carbocycles. The minimum atomic E-state index is 0. The molecule has 0 radical (unpaired) electrons. The van der Waals surface area contributed by atoms with Crippen LogP contribution in [-0.2, 0) is 0 Å². The number of halogens is 1. The summed E-state index contributed by atoms with van der Waals surface area (Å²) in [6.45, 7) is 7.72. The lowest BCUT2D eigenvalue weighted by atomic mass is 10.3. The molecule has 1 aliphatic rings. The molecule has 0 aromatic rings. The average molecular weight is 354 g/mol. The van der Waals surface area contributed by atoms with Gasteiger partial charge in [-0.2, -0.15) is 0 Å². The Labute approximate surface area is 122 Å². The normalized spacial score (nSPS) is 16.9. The Morgan fingerprint density at radius 1 is 1.29 bits per heavy atom. The van der Waals surface area contributed by atoms with Gasteiger partial charge in [-0.3, -0.25) is 4.99 Å². The van der Waals surface area contributed by atoms with E-state index in [1.54, 1.807) is 0 Å². The smallest absolute Gasteiger partial charge is 0.188 e. The number of unbranched alkanes of at least 4 members (excludes halogenated alkanes) is 1. The monoisotopic (exact) mass is 354 g/mol. The molecule has 1 saturated heterocycles. The highest BCUT2D eigenvalue weighted by Crippen LogP contribution is 2.07. The molecule has 3 N–H and O–H groups in total. The summed E-state index contributed by atoms with van der Waals surface area (Å²) < 4.78 is 0. The zero-order valence-electron chi connectivity index (χ0n) is 11.0. The minimum absolute atomic E-state index is 0. The molecule has 1 fully saturated rings. The number of likely N-dealkylation sites (tertiary alicyclic amines) is 1. The van der Waals surface area contributed by atoms with Gasteiger partial charge in [-0.1, -0.05) is 6.92 Å². The Balaban J connectivity index is 0.00000256. The molecule has 4 nitrogen and oxygen atoms in total. The van der Waals surface area contributed by atoms with Crippen molar-refractivity contribution in [1.29, 1.82) is 0 Å². The first-order valence-electron chi connectivity index (χ1n) is 6.59. The molecule has 17 heavy (non-hydrogen) atoms. The Morgan fingerprint density at radius 2 is 2.00 bits per heavy atom. The molecule has 0 amide bonds. The highest BCUT2D eigenvalue weighted by molar-refractivity contribution is 14.0. The van der Waals surface area contributed by atoms with Crippen LogP contribution in [0, 0.1) is 0 Å². The van der Waals surface area contributed by atoms with Crippen molar-refractivity contribution in [3.8, 4) is 0 Å². The first-order valence-corrected chi connectivity index (χ1v) is 6.59. The van der Waals surface area contributed by atoms with Crippen molar-refractivity contribution in [2.45, 2.75) is 39.0 Å². The first kappa shape index (κ1) is 17.0. The second-order valence-corrected chi connectivity index (χ2v) is 4.45. The number of nitrogens with zero attached hydrogens (tertiary/aromatic N) is 2. The molecule has 1 aliphatic heterocycles. The second kappa shape index (κ2) is 11.1. The maximum absolute atomic E-state index is 5.69. The van der Waals surface area contributed by atoms with E-state index >= 15 is 0 Å². The second-order valence-electron chi connectivity index (χ2n) is 4.45. The van der Waals surface area contributed by atoms with Crippen molar-refractivity contribution < 1.29 is 0 Å². The van der Waals surface area contributed by atoms with E-state index in [1.807, 2.05) is 0 Å². The molecule has 102 valence electrons. The van der Waals surface area contributed by atoms with Crippen LogP contribution in [0.2, 0.25) is 0 Å². The quantitative estimate of drug-likeness (QED) is 0.317. The van der Waals surface area contributed by atoms with E-state index in [4.69, 9.17) is 5.73 Å². The molecule has 0 unspecified atom stereocenters. The van der Waals surface area contributed by atoms with Gasteiger partial charge in [0.2, 0.25) is 0 Å². The summed E-state index contributed by atoms with van der Waals surface area (Å²) in [5.74, 6) is 0.600. The molecular weight excluding hydrogens is 327 g/mol. The van der Waals surface area contributed by atoms with Crippen molar-refractivity contribution in [3.63, 3.8) is 0 Å². The van der Waals surface area contributed by atoms with Gasteiger partial charge < -0.3 is 16.0 Å². The van der Waals surface area contributed by atoms with Crippen LogP contribution in [0.1, 0.15) is 39.0 Å². The van der Waals surface area contributed by atoms with E-state index in [0.29, 0.717) is 5.96 Å². The lowest BCUT2D eigenvalue weighted by Crippen LogP contribution is -2.33. The highest BCUT2D eigenvalue weighted by atomic mass is 127. The Bertz CT molecular complexity index is 203. The molecule has 1 heterocycles. The van der Waals surface area contributed by atoms with E-state index in [2.05, 4.69) is 22.1 Å². The van der Waals surface area contributed by atoms with Gasteiger partial charge in [0.25, 0.3) is 0 Å². The first-order chi connectivity index (χ1) is 7.83. The van der Waals surface area contributed by atoms with Gasteiger partial charge >= 0.3 is 0 Å². The summed E-state index contributed by atoms with van der Waals surface area (Å²) >= 11 is 0. The van der Waals surface area contributed by atoms with E-state index in [0.717, 1.165) is 19.5 Å². The third kappa shape index (κ3) is 8.65. The Morgan fingerprint density at radius 3 is 2.65 bits per heavy atom. The van der Waals surface area contributed by atoms with Crippen LogP contribution in [0.25, 0.3) is 0 Å². The molecule has 0 aromatic heterocycles. The molecule has 0 saturated carbocycles. The van der Waals surface area contributed by atoms with Crippen molar-refractivity contribution in [1.82, 2.24) is 10.2 Å². The highest BCUT2D eigenvalue weighted by Gasteiger charge is 2.09. The van der Waals surface area contributed by atoms with Gasteiger partial charge in [-0.05, 0) is 51.7 Å². The molecule has 1 rings (SSSR count). The average Bonchev–Trinajstić information content (AvgIpc) is 2.79. The largest absolute Gasteiger partial charge is 0.370 e. The van der Waals surface area contributed by atoms with Gasteiger partial charge in [0.1, 0.15) is 0 Å². The van der Waals surface area contributed by atoms with Crippen LogP contribution in [0.3, 0.4) is 0 Å². The van der Waals surface area contributed by atoms with Crippen LogP contribution in [0.15, 0.2) is 4.99 Å². The van der Waals surface area contributed by atoms with Crippen molar-refractivity contribution in [3.05, 3.63) is 0 Å². The summed E-state index contributed by atoms with van der Waals surface area (Å²) in [6, 6.07) is 0. The predicted molar refractivity (Wildman–Crippen MR) is 85.1 cm³/mol. The summed E-state index contributed by atoms with van der Waals surface area (Å²) in [6.07, 6.45) is 6.26. The van der Waals surface area contributed by atoms with Gasteiger partial charge in [0, 0.05) is 13.1 Å². The lowest BCUT2D eigenvalue weighted by Gasteiger charge is -2.14. The van der Waals surface area contributed by atoms with E-state index < -0.39 is 0 Å². The third-order valence-corrected chi connectivity index (χ3v) is 2.91. The van der Waals surface area contributed by atoms with Crippen LogP contribution >= 0.6 is 24.0 Å². The molecule has 5 heteroatoms. The topological polar surface area (TPSA) is 53.6 Å². The molecular formula is C12H27IN4. The minimum Gasteiger partial charge on any atom is -0.370 e. The Hall–Kier alpha value is -0.0400. The number of nitrogens with one attached hydrogen (secondary N) is 1. The zero-order chi connectivity index (χ0) is 11.6. The van der Waals surface area contributed by atoms with Crippen molar-refractivity contribution in [2.75, 3.05) is 32.7 Å². The fourth-order valence-electron chi connectivity index (χ4n) is 1.97. The maximum atomic E-state index is 5.69. The number of nitrogens with two attached hydrogens (primary N) is 1. The van der Waals surface area contributed by atoms with E-state index in [1.165, 1.54) is 45.3 Å². The fourth-order valence-corrected chi connectivity index (χ4v) is 1.97. The van der Waals surface area contributed by atoms with Crippen molar-refractivity contribution in [2.24, 2.45) is 10.7 Å². The molecule has 0 spiro atoms. The molecule has 0 atom stereocenters. The molecule has 0 aliphatic carbocycles. The van der Waals surface area contributed by atoms with Gasteiger partial charge in [0.05, 0.1) is 0 Å². The maximum Gasteiger partial charge on any atom is 0.188 e. The van der Waals surface area contributed by atoms with E-state index in [-0.39, 0.29) is 24.0 Å². The summed E-state index contributed by atoms with van der Waals surface area (Å²) in [7, 11) is 0. The SMILES string of the molecule is CCCN=C(N)NCCCCN1CCCC1.I. The van der Waals surface area contributed by atoms with E-state index in [9.17, 15) is 0 Å². The third-order valence-electron chi connectivity index (χ3n) is 2.91. The predicted octanol–water partition coefficient (Wildman–Crippen LogP) is 1.79. The zero-order valence-corrected chi connectivity index (χ0v) is 13.3. The number of aliphatic imine (C=N–C) groups is 1. The van der Waals surface area contributed by atoms with Gasteiger partial charge in [0.15, 0.2) is 5.96 Å². The lowest BCUT2D eigenvalue weighted by molar-refractivity contribution is 0.330. The number of hydrogen-bond donors (Lipinski definition) is 2. The summed E-state index contributed by atoms with van der Waals surface area (Å²) in [4.78, 5) is 6.74. The standard InChI is InChI=1S/C12H26N4.HI/c1-2-7-14-12(13)15-8-3-4-9-16-10-5-6-11-16;/h2-11H2,1H3,(H3,13,14,15);1H. The van der Waals surface area contributed by atoms with Crippen LogP contribution < -0.4 is 11.1 Å². The van der Waals surface area contributed by atoms with Gasteiger partial charge in [-0.15, -0.1) is 24.0 Å². The van der Waals surface area contributed by atoms with Crippen LogP contribution in [0.4, 0.5) is 0 Å². The summed E-state index contributed by atoms with van der Waals surface area (Å²) in [5.41, 5.74) is 5.69. The van der Waals surface area contributed by atoms with Crippen LogP contribution in [-0.4, -0.2) is 43.6 Å². The van der Waals surface area contributed by atoms with Gasteiger partial charge in [-0.25, -0.2) is 0 Å². The number of rotatable bonds is 7. The Kier molecular flexibility index (Phi) is 11.0. The fraction of sp³-hybridized carbons (Fsp3) is 0.917. The number of hydrogen-bond acceptors (Lipinski definition) is 2. The summed E-state index contributed by atoms with van der Waals surface area (Å²) in [5, 5.41) is 3.15. The van der Waals surface area contributed by atoms with Crippen LogP contribution in [0.5, 0.6) is 0 Å². The molecule has 0 bridgehead atoms. The number of guanidine groups is 1.